The Morgan fingerprint density at radius 2 is 2.33 bits per heavy atom. The summed E-state index contributed by atoms with van der Waals surface area (Å²) in [6.45, 7) is 0. The van der Waals surface area contributed by atoms with Gasteiger partial charge >= 0.3 is 5.97 Å². The molecule has 15 heavy (non-hydrogen) atoms. The smallest absolute Gasteiger partial charge is 0.313 e. The number of thioether (sulfide) groups is 1. The summed E-state index contributed by atoms with van der Waals surface area (Å²) in [5, 5.41) is 9.25. The highest BCUT2D eigenvalue weighted by Crippen LogP contribution is 2.33. The molecule has 0 aromatic carbocycles. The third-order valence-electron chi connectivity index (χ3n) is 2.70. The quantitative estimate of drug-likeness (QED) is 0.773. The van der Waals surface area contributed by atoms with Gasteiger partial charge in [0, 0.05) is 17.8 Å². The Hall–Kier alpha value is -0.970. The Morgan fingerprint density at radius 3 is 3.00 bits per heavy atom. The van der Waals surface area contributed by atoms with Crippen LogP contribution >= 0.6 is 11.8 Å². The van der Waals surface area contributed by atoms with Crippen LogP contribution in [0.1, 0.15) is 37.3 Å². The molecule has 0 atom stereocenters. The molecule has 1 fully saturated rings. The van der Waals surface area contributed by atoms with E-state index < -0.39 is 5.97 Å². The van der Waals surface area contributed by atoms with Gasteiger partial charge in [-0.2, -0.15) is 0 Å². The van der Waals surface area contributed by atoms with Gasteiger partial charge in [-0.1, -0.05) is 24.6 Å². The number of hydrogen-bond donors (Lipinski definition) is 2. The highest BCUT2D eigenvalue weighted by molar-refractivity contribution is 7.99. The minimum atomic E-state index is -0.807. The minimum absolute atomic E-state index is 0.0671. The summed E-state index contributed by atoms with van der Waals surface area (Å²) in [5.41, 5.74) is 1.17. The predicted molar refractivity (Wildman–Crippen MR) is 58.2 cm³/mol. The second kappa shape index (κ2) is 4.70. The van der Waals surface area contributed by atoms with Crippen LogP contribution in [0.5, 0.6) is 0 Å². The third-order valence-corrected chi connectivity index (χ3v) is 3.57. The summed E-state index contributed by atoms with van der Waals surface area (Å²) >= 11 is 1.24. The maximum atomic E-state index is 10.4. The van der Waals surface area contributed by atoms with Crippen molar-refractivity contribution in [2.75, 3.05) is 5.75 Å². The number of nitrogens with zero attached hydrogens (tertiary/aromatic N) is 1. The van der Waals surface area contributed by atoms with Crippen LogP contribution in [0.15, 0.2) is 11.4 Å². The van der Waals surface area contributed by atoms with Crippen molar-refractivity contribution in [2.45, 2.75) is 36.8 Å². The zero-order valence-electron chi connectivity index (χ0n) is 8.40. The summed E-state index contributed by atoms with van der Waals surface area (Å²) in [5.74, 6) is -0.132. The van der Waals surface area contributed by atoms with Gasteiger partial charge in [-0.05, 0) is 12.8 Å². The van der Waals surface area contributed by atoms with Crippen LogP contribution < -0.4 is 0 Å². The molecule has 5 heteroatoms. The van der Waals surface area contributed by atoms with Crippen LogP contribution in [-0.4, -0.2) is 26.8 Å². The fourth-order valence-electron chi connectivity index (χ4n) is 1.96. The van der Waals surface area contributed by atoms with E-state index in [1.165, 1.54) is 43.1 Å². The Kier molecular flexibility index (Phi) is 3.30. The molecule has 0 amide bonds. The van der Waals surface area contributed by atoms with Crippen molar-refractivity contribution in [3.63, 3.8) is 0 Å². The highest BCUT2D eigenvalue weighted by Gasteiger charge is 2.19. The second-order valence-electron chi connectivity index (χ2n) is 3.81. The van der Waals surface area contributed by atoms with Gasteiger partial charge in [-0.3, -0.25) is 4.79 Å². The second-order valence-corrected chi connectivity index (χ2v) is 4.77. The number of aromatic nitrogens is 2. The first-order valence-electron chi connectivity index (χ1n) is 5.15. The van der Waals surface area contributed by atoms with Gasteiger partial charge in [0.2, 0.25) is 0 Å². The zero-order valence-corrected chi connectivity index (χ0v) is 9.22. The molecule has 1 heterocycles. The monoisotopic (exact) mass is 226 g/mol. The van der Waals surface area contributed by atoms with Gasteiger partial charge in [0.25, 0.3) is 0 Å². The van der Waals surface area contributed by atoms with Crippen molar-refractivity contribution in [2.24, 2.45) is 0 Å². The van der Waals surface area contributed by atoms with E-state index in [-0.39, 0.29) is 5.75 Å². The summed E-state index contributed by atoms with van der Waals surface area (Å²) in [7, 11) is 0. The van der Waals surface area contributed by atoms with Crippen LogP contribution in [0.25, 0.3) is 0 Å². The standard InChI is InChI=1S/C10H14N2O2S/c13-9(14)6-15-10-11-5-8(12-10)7-3-1-2-4-7/h5,7H,1-4,6H2,(H,11,12)(H,13,14). The Bertz CT molecular complexity index is 345. The predicted octanol–water partition coefficient (Wildman–Crippen LogP) is 2.24. The van der Waals surface area contributed by atoms with Gasteiger partial charge in [0.05, 0.1) is 5.75 Å². The van der Waals surface area contributed by atoms with E-state index >= 15 is 0 Å². The van der Waals surface area contributed by atoms with Gasteiger partial charge < -0.3 is 10.1 Å². The molecule has 0 saturated heterocycles. The topological polar surface area (TPSA) is 66.0 Å². The molecule has 2 rings (SSSR count). The Morgan fingerprint density at radius 1 is 1.60 bits per heavy atom. The molecule has 1 aliphatic rings. The fourth-order valence-corrected chi connectivity index (χ4v) is 2.54. The number of hydrogen-bond acceptors (Lipinski definition) is 3. The van der Waals surface area contributed by atoms with Crippen LogP contribution in [-0.2, 0) is 4.79 Å². The van der Waals surface area contributed by atoms with Crippen molar-refractivity contribution in [3.05, 3.63) is 11.9 Å². The van der Waals surface area contributed by atoms with E-state index in [0.29, 0.717) is 5.92 Å². The summed E-state index contributed by atoms with van der Waals surface area (Å²) in [4.78, 5) is 17.7. The molecule has 1 saturated carbocycles. The fraction of sp³-hybridized carbons (Fsp3) is 0.600. The Balaban J connectivity index is 1.94. The van der Waals surface area contributed by atoms with Crippen LogP contribution in [0.2, 0.25) is 0 Å². The molecule has 0 unspecified atom stereocenters. The van der Waals surface area contributed by atoms with Crippen molar-refractivity contribution in [1.29, 1.82) is 0 Å². The van der Waals surface area contributed by atoms with E-state index in [4.69, 9.17) is 5.11 Å². The summed E-state index contributed by atoms with van der Waals surface area (Å²) < 4.78 is 0. The molecule has 0 aliphatic heterocycles. The number of carbonyl (C=O) groups is 1. The number of imidazole rings is 1. The highest BCUT2D eigenvalue weighted by atomic mass is 32.2. The lowest BCUT2D eigenvalue weighted by atomic mass is 10.1. The molecule has 1 aromatic rings. The summed E-state index contributed by atoms with van der Waals surface area (Å²) in [6, 6.07) is 0. The Labute approximate surface area is 92.5 Å². The first-order valence-corrected chi connectivity index (χ1v) is 6.14. The number of aromatic amines is 1. The molecular formula is C10H14N2O2S. The molecule has 1 aliphatic carbocycles. The van der Waals surface area contributed by atoms with E-state index in [0.717, 1.165) is 5.16 Å². The first-order chi connectivity index (χ1) is 7.25. The minimum Gasteiger partial charge on any atom is -0.481 e. The number of H-pyrrole nitrogens is 1. The molecule has 0 radical (unpaired) electrons. The molecular weight excluding hydrogens is 212 g/mol. The number of nitrogens with one attached hydrogen (secondary N) is 1. The normalized spacial score (nSPS) is 17.1. The molecule has 82 valence electrons. The summed E-state index contributed by atoms with van der Waals surface area (Å²) in [6.07, 6.45) is 6.89. The maximum absolute atomic E-state index is 10.4. The third kappa shape index (κ3) is 2.75. The van der Waals surface area contributed by atoms with Crippen LogP contribution in [0.4, 0.5) is 0 Å². The zero-order chi connectivity index (χ0) is 10.7. The van der Waals surface area contributed by atoms with E-state index in [1.807, 2.05) is 6.20 Å². The average molecular weight is 226 g/mol. The van der Waals surface area contributed by atoms with Crippen molar-refractivity contribution in [3.8, 4) is 0 Å². The molecule has 2 N–H and O–H groups in total. The molecule has 1 aromatic heterocycles. The average Bonchev–Trinajstić information content (AvgIpc) is 2.85. The van der Waals surface area contributed by atoms with Gasteiger partial charge in [0.15, 0.2) is 5.16 Å². The molecule has 0 bridgehead atoms. The van der Waals surface area contributed by atoms with Gasteiger partial charge in [0.1, 0.15) is 0 Å². The van der Waals surface area contributed by atoms with Crippen molar-refractivity contribution < 1.29 is 9.90 Å². The van der Waals surface area contributed by atoms with Crippen LogP contribution in [0.3, 0.4) is 0 Å². The molecule has 4 nitrogen and oxygen atoms in total. The van der Waals surface area contributed by atoms with Crippen molar-refractivity contribution in [1.82, 2.24) is 9.97 Å². The number of rotatable bonds is 4. The maximum Gasteiger partial charge on any atom is 0.313 e. The number of aliphatic carboxylic acids is 1. The lowest BCUT2D eigenvalue weighted by Gasteiger charge is -2.03. The number of carboxylic acids is 1. The molecule has 0 spiro atoms. The number of carboxylic acid groups (broad SMARTS) is 1. The van der Waals surface area contributed by atoms with Crippen molar-refractivity contribution >= 4 is 17.7 Å². The van der Waals surface area contributed by atoms with Crippen LogP contribution in [0, 0.1) is 0 Å². The first kappa shape index (κ1) is 10.5. The van der Waals surface area contributed by atoms with Gasteiger partial charge in [-0.25, -0.2) is 4.98 Å². The van der Waals surface area contributed by atoms with E-state index in [1.54, 1.807) is 0 Å². The largest absolute Gasteiger partial charge is 0.481 e. The van der Waals surface area contributed by atoms with E-state index in [9.17, 15) is 4.79 Å². The van der Waals surface area contributed by atoms with Gasteiger partial charge in [-0.15, -0.1) is 0 Å². The lowest BCUT2D eigenvalue weighted by Crippen LogP contribution is -1.98. The lowest BCUT2D eigenvalue weighted by molar-refractivity contribution is -0.133. The van der Waals surface area contributed by atoms with E-state index in [2.05, 4.69) is 9.97 Å². The SMILES string of the molecule is O=C(O)CSc1ncc(C2CCCC2)[nH]1.